The van der Waals surface area contributed by atoms with Gasteiger partial charge in [-0.05, 0) is 56.7 Å². The Balaban J connectivity index is 1.73. The number of rotatable bonds is 6. The van der Waals surface area contributed by atoms with Crippen LogP contribution in [-0.2, 0) is 9.53 Å². The molecule has 1 aliphatic heterocycles. The highest BCUT2D eigenvalue weighted by atomic mass is 16.6. The van der Waals surface area contributed by atoms with E-state index in [-0.39, 0.29) is 18.1 Å². The molecule has 7 heteroatoms. The van der Waals surface area contributed by atoms with Gasteiger partial charge in [0.1, 0.15) is 17.1 Å². The van der Waals surface area contributed by atoms with Crippen LogP contribution in [0.25, 0.3) is 6.08 Å². The molecule has 0 amide bonds. The standard InChI is InChI=1S/C23H24O7/c1-23(2,3)30-21(24)13-28-15-7-8-16-18(12-15)29-20(22(16)25)11-14-6-9-17(26-4)19(10-14)27-5/h6-12H,13H2,1-5H3. The van der Waals surface area contributed by atoms with E-state index in [1.54, 1.807) is 77.5 Å². The van der Waals surface area contributed by atoms with Gasteiger partial charge in [0.05, 0.1) is 19.8 Å². The van der Waals surface area contributed by atoms with Crippen molar-refractivity contribution in [3.05, 3.63) is 53.3 Å². The third kappa shape index (κ3) is 4.92. The monoisotopic (exact) mass is 412 g/mol. The molecule has 30 heavy (non-hydrogen) atoms. The van der Waals surface area contributed by atoms with Gasteiger partial charge in [-0.1, -0.05) is 6.07 Å². The third-order valence-electron chi connectivity index (χ3n) is 4.12. The quantitative estimate of drug-likeness (QED) is 0.523. The molecule has 0 aliphatic carbocycles. The van der Waals surface area contributed by atoms with E-state index in [0.29, 0.717) is 28.6 Å². The van der Waals surface area contributed by atoms with Gasteiger partial charge in [-0.3, -0.25) is 4.79 Å². The van der Waals surface area contributed by atoms with Crippen molar-refractivity contribution in [2.75, 3.05) is 20.8 Å². The number of hydrogen-bond donors (Lipinski definition) is 0. The molecule has 0 saturated heterocycles. The Morgan fingerprint density at radius 2 is 1.77 bits per heavy atom. The number of benzene rings is 2. The Hall–Kier alpha value is -3.48. The lowest BCUT2D eigenvalue weighted by Crippen LogP contribution is -2.27. The first-order chi connectivity index (χ1) is 14.2. The van der Waals surface area contributed by atoms with Crippen molar-refractivity contribution in [3.8, 4) is 23.0 Å². The molecule has 3 rings (SSSR count). The smallest absolute Gasteiger partial charge is 0.344 e. The van der Waals surface area contributed by atoms with Gasteiger partial charge in [0.2, 0.25) is 5.78 Å². The zero-order chi connectivity index (χ0) is 21.9. The molecule has 158 valence electrons. The molecule has 1 heterocycles. The normalized spacial score (nSPS) is 14.2. The average Bonchev–Trinajstić information content (AvgIpc) is 2.99. The molecule has 0 N–H and O–H groups in total. The van der Waals surface area contributed by atoms with Gasteiger partial charge in [0.15, 0.2) is 23.9 Å². The van der Waals surface area contributed by atoms with Crippen molar-refractivity contribution < 1.29 is 33.3 Å². The lowest BCUT2D eigenvalue weighted by atomic mass is 10.1. The Kier molecular flexibility index (Phi) is 6.01. The maximum Gasteiger partial charge on any atom is 0.344 e. The molecule has 0 aromatic heterocycles. The first-order valence-electron chi connectivity index (χ1n) is 9.35. The maximum absolute atomic E-state index is 12.6. The van der Waals surface area contributed by atoms with Crippen molar-refractivity contribution in [2.24, 2.45) is 0 Å². The van der Waals surface area contributed by atoms with Gasteiger partial charge in [-0.25, -0.2) is 4.79 Å². The summed E-state index contributed by atoms with van der Waals surface area (Å²) in [5.41, 5.74) is 0.564. The second-order valence-corrected chi connectivity index (χ2v) is 7.59. The van der Waals surface area contributed by atoms with Gasteiger partial charge in [0.25, 0.3) is 0 Å². The van der Waals surface area contributed by atoms with E-state index >= 15 is 0 Å². The lowest BCUT2D eigenvalue weighted by molar-refractivity contribution is -0.157. The van der Waals surface area contributed by atoms with Crippen LogP contribution in [0.4, 0.5) is 0 Å². The van der Waals surface area contributed by atoms with Gasteiger partial charge >= 0.3 is 5.97 Å². The fourth-order valence-corrected chi connectivity index (χ4v) is 2.86. The fourth-order valence-electron chi connectivity index (χ4n) is 2.86. The summed E-state index contributed by atoms with van der Waals surface area (Å²) in [6.07, 6.45) is 1.63. The average molecular weight is 412 g/mol. The molecule has 0 bridgehead atoms. The van der Waals surface area contributed by atoms with Gasteiger partial charge in [-0.15, -0.1) is 0 Å². The minimum absolute atomic E-state index is 0.182. The van der Waals surface area contributed by atoms with Crippen LogP contribution in [0.15, 0.2) is 42.2 Å². The van der Waals surface area contributed by atoms with Crippen LogP contribution in [0, 0.1) is 0 Å². The molecule has 0 saturated carbocycles. The molecule has 2 aromatic rings. The van der Waals surface area contributed by atoms with Gasteiger partial charge in [-0.2, -0.15) is 0 Å². The predicted octanol–water partition coefficient (Wildman–Crippen LogP) is 4.04. The van der Waals surface area contributed by atoms with Crippen molar-refractivity contribution in [3.63, 3.8) is 0 Å². The number of hydrogen-bond acceptors (Lipinski definition) is 7. The second kappa shape index (κ2) is 8.49. The molecular formula is C23H24O7. The topological polar surface area (TPSA) is 80.3 Å². The summed E-state index contributed by atoms with van der Waals surface area (Å²) in [5.74, 6) is 1.38. The maximum atomic E-state index is 12.6. The number of carbonyl (C=O) groups is 2. The molecule has 0 radical (unpaired) electrons. The molecule has 1 aliphatic rings. The number of Topliss-reactive ketones (excluding diaryl/α,β-unsaturated/α-hetero) is 1. The Morgan fingerprint density at radius 3 is 2.43 bits per heavy atom. The molecule has 0 unspecified atom stereocenters. The van der Waals surface area contributed by atoms with Crippen LogP contribution < -0.4 is 18.9 Å². The number of ketones is 1. The van der Waals surface area contributed by atoms with Crippen LogP contribution in [0.2, 0.25) is 0 Å². The van der Waals surface area contributed by atoms with Crippen molar-refractivity contribution in [1.82, 2.24) is 0 Å². The second-order valence-electron chi connectivity index (χ2n) is 7.59. The Labute approximate surface area is 175 Å². The van der Waals surface area contributed by atoms with E-state index in [9.17, 15) is 9.59 Å². The van der Waals surface area contributed by atoms with Crippen molar-refractivity contribution >= 4 is 17.8 Å². The summed E-state index contributed by atoms with van der Waals surface area (Å²) in [6.45, 7) is 5.11. The molecule has 0 fully saturated rings. The largest absolute Gasteiger partial charge is 0.493 e. The van der Waals surface area contributed by atoms with Crippen molar-refractivity contribution in [1.29, 1.82) is 0 Å². The highest BCUT2D eigenvalue weighted by Gasteiger charge is 2.28. The number of esters is 1. The summed E-state index contributed by atoms with van der Waals surface area (Å²) in [7, 11) is 3.10. The molecular weight excluding hydrogens is 388 g/mol. The first-order valence-corrected chi connectivity index (χ1v) is 9.35. The van der Waals surface area contributed by atoms with Gasteiger partial charge in [0, 0.05) is 6.07 Å². The minimum atomic E-state index is -0.586. The van der Waals surface area contributed by atoms with Crippen LogP contribution in [0.3, 0.4) is 0 Å². The van der Waals surface area contributed by atoms with Crippen LogP contribution >= 0.6 is 0 Å². The zero-order valence-corrected chi connectivity index (χ0v) is 17.6. The summed E-state index contributed by atoms with van der Waals surface area (Å²) in [6, 6.07) is 10.1. The van der Waals surface area contributed by atoms with Crippen LogP contribution in [0.5, 0.6) is 23.0 Å². The van der Waals surface area contributed by atoms with E-state index in [1.807, 2.05) is 0 Å². The Morgan fingerprint density at radius 1 is 1.03 bits per heavy atom. The highest BCUT2D eigenvalue weighted by Crippen LogP contribution is 2.36. The number of fused-ring (bicyclic) bond motifs is 1. The zero-order valence-electron chi connectivity index (χ0n) is 17.6. The summed E-state index contributed by atoms with van der Waals surface area (Å²) < 4.78 is 26.9. The number of ether oxygens (including phenoxy) is 5. The van der Waals surface area contributed by atoms with E-state index in [1.165, 1.54) is 0 Å². The summed E-state index contributed by atoms with van der Waals surface area (Å²) >= 11 is 0. The van der Waals surface area contributed by atoms with Crippen LogP contribution in [0.1, 0.15) is 36.7 Å². The van der Waals surface area contributed by atoms with E-state index < -0.39 is 11.6 Å². The first kappa shape index (κ1) is 21.2. The lowest BCUT2D eigenvalue weighted by Gasteiger charge is -2.19. The number of carbonyl (C=O) groups excluding carboxylic acids is 2. The Bertz CT molecular complexity index is 999. The SMILES string of the molecule is COc1ccc(C=C2Oc3cc(OCC(=O)OC(C)(C)C)ccc3C2=O)cc1OC. The van der Waals surface area contributed by atoms with E-state index in [2.05, 4.69) is 0 Å². The summed E-state index contributed by atoms with van der Waals surface area (Å²) in [5, 5.41) is 0. The number of methoxy groups -OCH3 is 2. The van der Waals surface area contributed by atoms with E-state index in [0.717, 1.165) is 5.56 Å². The summed E-state index contributed by atoms with van der Waals surface area (Å²) in [4.78, 5) is 24.5. The fraction of sp³-hybridized carbons (Fsp3) is 0.304. The minimum Gasteiger partial charge on any atom is -0.493 e. The molecule has 2 aromatic carbocycles. The molecule has 7 nitrogen and oxygen atoms in total. The van der Waals surface area contributed by atoms with Crippen molar-refractivity contribution in [2.45, 2.75) is 26.4 Å². The van der Waals surface area contributed by atoms with Crippen LogP contribution in [-0.4, -0.2) is 38.2 Å². The highest BCUT2D eigenvalue weighted by molar-refractivity contribution is 6.14. The molecule has 0 spiro atoms. The third-order valence-corrected chi connectivity index (χ3v) is 4.12. The van der Waals surface area contributed by atoms with E-state index in [4.69, 9.17) is 23.7 Å². The predicted molar refractivity (Wildman–Crippen MR) is 110 cm³/mol. The number of allylic oxidation sites excluding steroid dienone is 1. The molecule has 0 atom stereocenters. The van der Waals surface area contributed by atoms with Gasteiger partial charge < -0.3 is 23.7 Å².